The van der Waals surface area contributed by atoms with Gasteiger partial charge in [0.15, 0.2) is 47.8 Å². The first kappa shape index (κ1) is 44.2. The van der Waals surface area contributed by atoms with Crippen LogP contribution in [0.4, 0.5) is 0 Å². The predicted molar refractivity (Wildman–Crippen MR) is 203 cm³/mol. The number of hydrogen-bond acceptors (Lipinski definition) is 20. The number of carbonyl (C=O) groups excluding carboxylic acids is 2. The van der Waals surface area contributed by atoms with E-state index < -0.39 is 122 Å². The second-order valence-electron chi connectivity index (χ2n) is 15.1. The van der Waals surface area contributed by atoms with Crippen LogP contribution < -0.4 is 9.47 Å². The highest BCUT2D eigenvalue weighted by Crippen LogP contribution is 2.61. The monoisotopic (exact) mass is 860 g/mol. The van der Waals surface area contributed by atoms with Crippen molar-refractivity contribution in [3.8, 4) is 23.0 Å². The van der Waals surface area contributed by atoms with Crippen LogP contribution in [0.15, 0.2) is 60.9 Å². The average molecular weight is 861 g/mol. The molecule has 2 aromatic carbocycles. The average Bonchev–Trinajstić information content (AvgIpc) is 3.93. The van der Waals surface area contributed by atoms with Crippen LogP contribution in [0.3, 0.4) is 0 Å². The van der Waals surface area contributed by atoms with Crippen molar-refractivity contribution in [3.63, 3.8) is 0 Å². The zero-order chi connectivity index (χ0) is 43.7. The maximum absolute atomic E-state index is 13.5. The van der Waals surface area contributed by atoms with Crippen LogP contribution in [0.1, 0.15) is 18.1 Å². The Morgan fingerprint density at radius 1 is 0.738 bits per heavy atom. The first-order valence-electron chi connectivity index (χ1n) is 19.3. The molecular weight excluding hydrogens is 812 g/mol. The van der Waals surface area contributed by atoms with E-state index in [2.05, 4.69) is 0 Å². The van der Waals surface area contributed by atoms with Crippen LogP contribution in [0.2, 0.25) is 0 Å². The second-order valence-corrected chi connectivity index (χ2v) is 15.1. The quantitative estimate of drug-likeness (QED) is 0.0657. The van der Waals surface area contributed by atoms with E-state index in [0.717, 1.165) is 12.2 Å². The minimum Gasteiger partial charge on any atom is -0.504 e. The molecule has 0 bridgehead atoms. The van der Waals surface area contributed by atoms with Crippen LogP contribution in [-0.2, 0) is 47.5 Å². The van der Waals surface area contributed by atoms with E-state index >= 15 is 0 Å². The first-order chi connectivity index (χ1) is 29.2. The smallest absolute Gasteiger partial charge is 0.331 e. The normalized spacial score (nSPS) is 37.8. The molecule has 0 spiro atoms. The van der Waals surface area contributed by atoms with Gasteiger partial charge in [0, 0.05) is 18.1 Å². The van der Waals surface area contributed by atoms with Gasteiger partial charge in [0.2, 0.25) is 6.29 Å². The number of esters is 2. The molecule has 4 fully saturated rings. The molecule has 0 aromatic heterocycles. The van der Waals surface area contributed by atoms with Gasteiger partial charge >= 0.3 is 11.9 Å². The minimum absolute atomic E-state index is 0.120. The third-order valence-electron chi connectivity index (χ3n) is 11.4. The Morgan fingerprint density at radius 2 is 1.34 bits per heavy atom. The molecule has 4 aliphatic heterocycles. The molecule has 2 aromatic rings. The van der Waals surface area contributed by atoms with E-state index in [0.29, 0.717) is 11.1 Å². The largest absolute Gasteiger partial charge is 0.504 e. The maximum Gasteiger partial charge on any atom is 0.331 e. The van der Waals surface area contributed by atoms with E-state index in [1.165, 1.54) is 76.0 Å². The van der Waals surface area contributed by atoms with E-state index in [1.807, 2.05) is 0 Å². The number of benzene rings is 2. The number of aliphatic hydroxyl groups excluding tert-OH is 6. The predicted octanol–water partition coefficient (Wildman–Crippen LogP) is -0.781. The number of aromatic hydroxyl groups is 2. The molecule has 16 unspecified atom stereocenters. The summed E-state index contributed by atoms with van der Waals surface area (Å²) >= 11 is 0. The van der Waals surface area contributed by atoms with Gasteiger partial charge in [-0.1, -0.05) is 12.1 Å². The van der Waals surface area contributed by atoms with Crippen LogP contribution >= 0.6 is 0 Å². The molecule has 1 saturated carbocycles. The van der Waals surface area contributed by atoms with Crippen LogP contribution in [0.25, 0.3) is 12.2 Å². The lowest BCUT2D eigenvalue weighted by Gasteiger charge is -2.44. The number of fused-ring (bicyclic) bond motifs is 3. The molecule has 0 amide bonds. The fraction of sp³-hybridized carbons (Fsp3) is 0.512. The Morgan fingerprint density at radius 3 is 1.92 bits per heavy atom. The number of methoxy groups -OCH3 is 2. The van der Waals surface area contributed by atoms with Crippen molar-refractivity contribution in [1.82, 2.24) is 0 Å². The van der Waals surface area contributed by atoms with E-state index in [4.69, 9.17) is 47.4 Å². The van der Waals surface area contributed by atoms with Gasteiger partial charge in [-0.3, -0.25) is 0 Å². The molecule has 0 radical (unpaired) electrons. The van der Waals surface area contributed by atoms with Gasteiger partial charge in [0.05, 0.1) is 51.8 Å². The summed E-state index contributed by atoms with van der Waals surface area (Å²) in [4.78, 5) is 26.8. The summed E-state index contributed by atoms with van der Waals surface area (Å²) in [6.45, 7) is 0.222. The van der Waals surface area contributed by atoms with Crippen molar-refractivity contribution in [1.29, 1.82) is 0 Å². The van der Waals surface area contributed by atoms with E-state index in [-0.39, 0.29) is 23.0 Å². The maximum atomic E-state index is 13.5. The fourth-order valence-electron chi connectivity index (χ4n) is 8.09. The minimum atomic E-state index is -1.76. The number of rotatable bonds is 14. The SMILES string of the molecule is COc1cc(C=CC(=O)OC2C(OC3C4C=COC(OC5OC(CO)C(O)C(O)C5O)C4C4(CO)OC34)OC(C)C(O)C2OC(=O)C=Cc2ccc(O)c(OC)c2)ccc1O. The summed E-state index contributed by atoms with van der Waals surface area (Å²) in [6.07, 6.45) is -10.8. The third kappa shape index (κ3) is 8.79. The van der Waals surface area contributed by atoms with Gasteiger partial charge in [-0.2, -0.15) is 0 Å². The fourth-order valence-corrected chi connectivity index (χ4v) is 8.09. The highest BCUT2D eigenvalue weighted by atomic mass is 16.8. The first-order valence-corrected chi connectivity index (χ1v) is 19.3. The molecule has 332 valence electrons. The zero-order valence-corrected chi connectivity index (χ0v) is 33.0. The van der Waals surface area contributed by atoms with Gasteiger partial charge in [-0.15, -0.1) is 0 Å². The lowest BCUT2D eigenvalue weighted by molar-refractivity contribution is -0.347. The molecular formula is C41H48O20. The van der Waals surface area contributed by atoms with Crippen molar-refractivity contribution in [3.05, 3.63) is 72.0 Å². The Bertz CT molecular complexity index is 1990. The number of aliphatic hydroxyl groups is 6. The van der Waals surface area contributed by atoms with Crippen LogP contribution in [-0.4, -0.2) is 166 Å². The highest BCUT2D eigenvalue weighted by Gasteiger charge is 2.77. The van der Waals surface area contributed by atoms with E-state index in [1.54, 1.807) is 6.08 Å². The summed E-state index contributed by atoms with van der Waals surface area (Å²) in [5.74, 6) is -3.43. The van der Waals surface area contributed by atoms with Crippen LogP contribution in [0.5, 0.6) is 23.0 Å². The number of phenolic OH excluding ortho intramolecular Hbond substituents is 2. The molecule has 61 heavy (non-hydrogen) atoms. The number of hydrogen-bond donors (Lipinski definition) is 8. The Hall–Kier alpha value is -4.84. The number of carbonyl (C=O) groups is 2. The van der Waals surface area contributed by atoms with E-state index in [9.17, 15) is 50.4 Å². The van der Waals surface area contributed by atoms with Crippen molar-refractivity contribution in [2.24, 2.45) is 11.8 Å². The number of phenols is 2. The Labute approximate surface area is 348 Å². The second kappa shape index (κ2) is 18.2. The molecule has 5 aliphatic rings. The standard InChI is InChI=1S/C41H48O20/c1-18-30(48)35(57-27(46)10-6-19-4-8-22(44)24(14-19)52-2)36(58-28(47)11-7-20-5-9-23(45)25(15-20)53-3)40(55-18)59-34-21-12-13-54-38(29(21)41(17-43)37(34)61-41)60-39-33(51)32(50)31(49)26(16-42)56-39/h4-15,18,21,26,29-40,42-45,48-51H,16-17H2,1-3H3. The Balaban J connectivity index is 1.14. The lowest BCUT2D eigenvalue weighted by atomic mass is 9.85. The summed E-state index contributed by atoms with van der Waals surface area (Å²) in [5.41, 5.74) is -0.438. The summed E-state index contributed by atoms with van der Waals surface area (Å²) in [6, 6.07) is 8.70. The summed E-state index contributed by atoms with van der Waals surface area (Å²) in [5, 5.41) is 83.0. The Kier molecular flexibility index (Phi) is 13.2. The molecule has 8 N–H and O–H groups in total. The molecule has 3 saturated heterocycles. The summed E-state index contributed by atoms with van der Waals surface area (Å²) < 4.78 is 57.8. The van der Waals surface area contributed by atoms with Gasteiger partial charge < -0.3 is 88.2 Å². The van der Waals surface area contributed by atoms with Gasteiger partial charge in [0.25, 0.3) is 0 Å². The van der Waals surface area contributed by atoms with Crippen LogP contribution in [0, 0.1) is 11.8 Å². The third-order valence-corrected chi connectivity index (χ3v) is 11.4. The molecule has 4 heterocycles. The van der Waals surface area contributed by atoms with Gasteiger partial charge in [-0.05, 0) is 60.5 Å². The molecule has 1 aliphatic carbocycles. The van der Waals surface area contributed by atoms with Gasteiger partial charge in [-0.25, -0.2) is 9.59 Å². The zero-order valence-electron chi connectivity index (χ0n) is 33.0. The van der Waals surface area contributed by atoms with Crippen molar-refractivity contribution in [2.45, 2.75) is 92.4 Å². The van der Waals surface area contributed by atoms with Gasteiger partial charge in [0.1, 0.15) is 42.2 Å². The molecule has 16 atom stereocenters. The summed E-state index contributed by atoms with van der Waals surface area (Å²) in [7, 11) is 2.72. The molecule has 7 rings (SSSR count). The van der Waals surface area contributed by atoms with Crippen molar-refractivity contribution < 1.29 is 97.8 Å². The topological polar surface area (TPSA) is 292 Å². The number of epoxide rings is 1. The van der Waals surface area contributed by atoms with Crippen molar-refractivity contribution in [2.75, 3.05) is 27.4 Å². The number of ether oxygens (including phenoxy) is 10. The lowest BCUT2D eigenvalue weighted by Crippen LogP contribution is -2.61. The molecule has 20 heteroatoms. The highest BCUT2D eigenvalue weighted by molar-refractivity contribution is 5.88. The molecule has 20 nitrogen and oxygen atoms in total. The van der Waals surface area contributed by atoms with Crippen molar-refractivity contribution >= 4 is 24.1 Å².